The predicted molar refractivity (Wildman–Crippen MR) is 92.9 cm³/mol. The highest BCUT2D eigenvalue weighted by Crippen LogP contribution is 2.33. The number of nitrogens with zero attached hydrogens (tertiary/aromatic N) is 1. The zero-order chi connectivity index (χ0) is 16.3. The molecule has 3 rings (SSSR count). The van der Waals surface area contributed by atoms with E-state index in [-0.39, 0.29) is 0 Å². The van der Waals surface area contributed by atoms with Crippen molar-refractivity contribution in [3.8, 4) is 5.75 Å². The van der Waals surface area contributed by atoms with E-state index in [1.807, 2.05) is 36.4 Å². The van der Waals surface area contributed by atoms with Gasteiger partial charge < -0.3 is 9.84 Å². The summed E-state index contributed by atoms with van der Waals surface area (Å²) < 4.78 is 5.19. The van der Waals surface area contributed by atoms with Crippen LogP contribution in [-0.2, 0) is 12.1 Å². The number of aliphatic hydroxyl groups is 1. The maximum Gasteiger partial charge on any atom is 0.118 e. The summed E-state index contributed by atoms with van der Waals surface area (Å²) in [6, 6.07) is 15.7. The molecule has 1 aliphatic rings. The summed E-state index contributed by atoms with van der Waals surface area (Å²) in [6.07, 6.45) is 1.48. The number of likely N-dealkylation sites (tertiary alicyclic amines) is 1. The lowest BCUT2D eigenvalue weighted by molar-refractivity contribution is -0.0277. The number of hydrogen-bond acceptors (Lipinski definition) is 3. The lowest BCUT2D eigenvalue weighted by Crippen LogP contribution is -2.42. The van der Waals surface area contributed by atoms with Crippen LogP contribution in [0.1, 0.15) is 24.0 Å². The minimum absolute atomic E-state index is 0.703. The van der Waals surface area contributed by atoms with Gasteiger partial charge in [0.1, 0.15) is 5.75 Å². The molecule has 2 aromatic carbocycles. The molecule has 23 heavy (non-hydrogen) atoms. The van der Waals surface area contributed by atoms with Crippen molar-refractivity contribution >= 4 is 11.6 Å². The zero-order valence-corrected chi connectivity index (χ0v) is 14.1. The molecular formula is C19H22ClNO2. The van der Waals surface area contributed by atoms with Crippen LogP contribution in [-0.4, -0.2) is 30.2 Å². The summed E-state index contributed by atoms with van der Waals surface area (Å²) in [6.45, 7) is 2.66. The van der Waals surface area contributed by atoms with Gasteiger partial charge in [0.15, 0.2) is 0 Å². The van der Waals surface area contributed by atoms with Crippen molar-refractivity contribution < 1.29 is 9.84 Å². The molecule has 0 atom stereocenters. The Morgan fingerprint density at radius 3 is 2.22 bits per heavy atom. The topological polar surface area (TPSA) is 32.7 Å². The van der Waals surface area contributed by atoms with E-state index in [0.29, 0.717) is 5.02 Å². The van der Waals surface area contributed by atoms with Gasteiger partial charge in [-0.15, -0.1) is 0 Å². The van der Waals surface area contributed by atoms with Gasteiger partial charge in [0.05, 0.1) is 12.7 Å². The van der Waals surface area contributed by atoms with Crippen LogP contribution >= 0.6 is 11.6 Å². The van der Waals surface area contributed by atoms with E-state index in [1.165, 1.54) is 5.56 Å². The number of hydrogen-bond donors (Lipinski definition) is 1. The molecule has 1 heterocycles. The third-order valence-electron chi connectivity index (χ3n) is 4.63. The van der Waals surface area contributed by atoms with E-state index < -0.39 is 5.60 Å². The van der Waals surface area contributed by atoms with Crippen molar-refractivity contribution in [3.63, 3.8) is 0 Å². The van der Waals surface area contributed by atoms with Crippen molar-refractivity contribution in [2.24, 2.45) is 0 Å². The van der Waals surface area contributed by atoms with Crippen LogP contribution in [0.15, 0.2) is 48.5 Å². The second kappa shape index (κ2) is 6.91. The van der Waals surface area contributed by atoms with Crippen LogP contribution in [0.2, 0.25) is 5.02 Å². The summed E-state index contributed by atoms with van der Waals surface area (Å²) in [5.41, 5.74) is 1.50. The summed E-state index contributed by atoms with van der Waals surface area (Å²) in [5.74, 6) is 0.879. The molecule has 0 radical (unpaired) electrons. The molecule has 0 unspecified atom stereocenters. The molecule has 1 fully saturated rings. The fourth-order valence-electron chi connectivity index (χ4n) is 3.12. The van der Waals surface area contributed by atoms with E-state index in [4.69, 9.17) is 16.3 Å². The van der Waals surface area contributed by atoms with E-state index >= 15 is 0 Å². The zero-order valence-electron chi connectivity index (χ0n) is 13.3. The van der Waals surface area contributed by atoms with E-state index in [9.17, 15) is 5.11 Å². The summed E-state index contributed by atoms with van der Waals surface area (Å²) in [7, 11) is 1.68. The van der Waals surface area contributed by atoms with Gasteiger partial charge in [0.25, 0.3) is 0 Å². The first-order valence-corrected chi connectivity index (χ1v) is 8.31. The first-order valence-electron chi connectivity index (χ1n) is 7.93. The smallest absolute Gasteiger partial charge is 0.118 e. The van der Waals surface area contributed by atoms with Gasteiger partial charge in [0.2, 0.25) is 0 Å². The van der Waals surface area contributed by atoms with E-state index in [0.717, 1.165) is 43.8 Å². The van der Waals surface area contributed by atoms with Crippen LogP contribution in [0.25, 0.3) is 0 Å². The van der Waals surface area contributed by atoms with Gasteiger partial charge in [-0.05, 0) is 48.2 Å². The Hall–Kier alpha value is -1.55. The molecule has 3 nitrogen and oxygen atoms in total. The van der Waals surface area contributed by atoms with Gasteiger partial charge in [-0.3, -0.25) is 4.90 Å². The second-order valence-corrected chi connectivity index (χ2v) is 6.60. The molecular weight excluding hydrogens is 310 g/mol. The molecule has 122 valence electrons. The number of benzene rings is 2. The maximum absolute atomic E-state index is 10.9. The van der Waals surface area contributed by atoms with Crippen molar-refractivity contribution in [3.05, 3.63) is 64.7 Å². The van der Waals surface area contributed by atoms with Crippen LogP contribution in [0, 0.1) is 0 Å². The number of piperidine rings is 1. The van der Waals surface area contributed by atoms with Crippen molar-refractivity contribution in [2.45, 2.75) is 25.0 Å². The fourth-order valence-corrected chi connectivity index (χ4v) is 3.24. The largest absolute Gasteiger partial charge is 0.497 e. The number of rotatable bonds is 4. The monoisotopic (exact) mass is 331 g/mol. The number of methoxy groups -OCH3 is 1. The number of ether oxygens (including phenoxy) is 1. The molecule has 0 aliphatic carbocycles. The SMILES string of the molecule is COc1ccc(CN2CCC(O)(c3ccc(Cl)cc3)CC2)cc1. The Labute approximate surface area is 142 Å². The molecule has 0 aromatic heterocycles. The quantitative estimate of drug-likeness (QED) is 0.924. The Morgan fingerprint density at radius 1 is 1.04 bits per heavy atom. The molecule has 0 spiro atoms. The Bertz CT molecular complexity index is 631. The molecule has 2 aromatic rings. The van der Waals surface area contributed by atoms with Crippen molar-refractivity contribution in [1.29, 1.82) is 0 Å². The minimum Gasteiger partial charge on any atom is -0.497 e. The highest BCUT2D eigenvalue weighted by Gasteiger charge is 2.33. The molecule has 4 heteroatoms. The average molecular weight is 332 g/mol. The first kappa shape index (κ1) is 16.3. The fraction of sp³-hybridized carbons (Fsp3) is 0.368. The van der Waals surface area contributed by atoms with Crippen LogP contribution in [0.3, 0.4) is 0 Å². The van der Waals surface area contributed by atoms with E-state index in [2.05, 4.69) is 17.0 Å². The Kier molecular flexibility index (Phi) is 4.90. The first-order chi connectivity index (χ1) is 11.1. The van der Waals surface area contributed by atoms with Gasteiger partial charge in [-0.1, -0.05) is 35.9 Å². The molecule has 1 aliphatic heterocycles. The Morgan fingerprint density at radius 2 is 1.65 bits per heavy atom. The predicted octanol–water partition coefficient (Wildman–Crippen LogP) is 3.83. The summed E-state index contributed by atoms with van der Waals surface area (Å²) in [5, 5.41) is 11.6. The summed E-state index contributed by atoms with van der Waals surface area (Å²) in [4.78, 5) is 2.38. The lowest BCUT2D eigenvalue weighted by Gasteiger charge is -2.38. The van der Waals surface area contributed by atoms with Gasteiger partial charge in [-0.2, -0.15) is 0 Å². The lowest BCUT2D eigenvalue weighted by atomic mass is 9.84. The second-order valence-electron chi connectivity index (χ2n) is 6.16. The van der Waals surface area contributed by atoms with Crippen molar-refractivity contribution in [1.82, 2.24) is 4.90 Å². The molecule has 1 saturated heterocycles. The number of halogens is 1. The third-order valence-corrected chi connectivity index (χ3v) is 4.88. The highest BCUT2D eigenvalue weighted by atomic mass is 35.5. The minimum atomic E-state index is -0.735. The Balaban J connectivity index is 1.60. The highest BCUT2D eigenvalue weighted by molar-refractivity contribution is 6.30. The van der Waals surface area contributed by atoms with E-state index in [1.54, 1.807) is 7.11 Å². The third kappa shape index (κ3) is 3.86. The standard InChI is InChI=1S/C19H22ClNO2/c1-23-18-8-2-15(3-9-18)14-21-12-10-19(22,11-13-21)16-4-6-17(20)7-5-16/h2-9,22H,10-14H2,1H3. The van der Waals surface area contributed by atoms with Gasteiger partial charge in [0, 0.05) is 24.7 Å². The maximum atomic E-state index is 10.9. The van der Waals surface area contributed by atoms with Crippen LogP contribution in [0.5, 0.6) is 5.75 Å². The molecule has 0 bridgehead atoms. The van der Waals surface area contributed by atoms with Crippen LogP contribution in [0.4, 0.5) is 0 Å². The molecule has 0 amide bonds. The van der Waals surface area contributed by atoms with Gasteiger partial charge in [-0.25, -0.2) is 0 Å². The average Bonchev–Trinajstić information content (AvgIpc) is 2.58. The molecule has 0 saturated carbocycles. The van der Waals surface area contributed by atoms with Crippen molar-refractivity contribution in [2.75, 3.05) is 20.2 Å². The summed E-state index contributed by atoms with van der Waals surface area (Å²) >= 11 is 5.93. The van der Waals surface area contributed by atoms with Crippen LogP contribution < -0.4 is 4.74 Å². The normalized spacial score (nSPS) is 17.9. The molecule has 1 N–H and O–H groups in total. The van der Waals surface area contributed by atoms with Gasteiger partial charge >= 0.3 is 0 Å².